The van der Waals surface area contributed by atoms with Crippen LogP contribution >= 0.6 is 0 Å². The van der Waals surface area contributed by atoms with Crippen molar-refractivity contribution in [2.75, 3.05) is 13.7 Å². The summed E-state index contributed by atoms with van der Waals surface area (Å²) < 4.78 is 16.2. The van der Waals surface area contributed by atoms with Gasteiger partial charge in [0, 0.05) is 5.56 Å². The number of aryl methyl sites for hydroxylation is 3. The Balaban J connectivity index is 2.27. The molecule has 5 nitrogen and oxygen atoms in total. The van der Waals surface area contributed by atoms with Crippen molar-refractivity contribution in [1.29, 1.82) is 0 Å². The minimum absolute atomic E-state index is 0.0127. The first kappa shape index (κ1) is 17.7. The molecule has 2 aromatic carbocycles. The fourth-order valence-electron chi connectivity index (χ4n) is 2.89. The molecule has 0 spiro atoms. The van der Waals surface area contributed by atoms with Crippen LogP contribution < -0.4 is 10.2 Å². The van der Waals surface area contributed by atoms with Crippen LogP contribution in [0.25, 0.3) is 22.3 Å². The molecule has 0 aliphatic carbocycles. The monoisotopic (exact) mass is 352 g/mol. The van der Waals surface area contributed by atoms with Crippen molar-refractivity contribution in [2.24, 2.45) is 0 Å². The minimum atomic E-state index is -0.569. The van der Waals surface area contributed by atoms with E-state index in [4.69, 9.17) is 9.15 Å². The maximum atomic E-state index is 13.1. The third-order valence-corrected chi connectivity index (χ3v) is 4.17. The quantitative estimate of drug-likeness (QED) is 0.666. The van der Waals surface area contributed by atoms with Crippen molar-refractivity contribution >= 4 is 16.9 Å². The van der Waals surface area contributed by atoms with E-state index in [9.17, 15) is 9.59 Å². The summed E-state index contributed by atoms with van der Waals surface area (Å²) in [6, 6.07) is 11.3. The van der Waals surface area contributed by atoms with Gasteiger partial charge >= 0.3 is 5.97 Å². The summed E-state index contributed by atoms with van der Waals surface area (Å²) in [7, 11) is 1.27. The second-order valence-electron chi connectivity index (χ2n) is 6.28. The zero-order valence-electron chi connectivity index (χ0n) is 15.2. The molecule has 0 aliphatic heterocycles. The standard InChI is InChI=1S/C21H20O5/c1-12-5-7-15(8-6-12)20-21(25-11-17(22)24-4)19(23)18-14(3)9-13(2)10-16(18)26-20/h5-10H,11H2,1-4H3. The molecule has 0 saturated heterocycles. The number of carbonyl (C=O) groups is 1. The number of hydrogen-bond acceptors (Lipinski definition) is 5. The summed E-state index contributed by atoms with van der Waals surface area (Å²) >= 11 is 0. The van der Waals surface area contributed by atoms with Gasteiger partial charge in [-0.2, -0.15) is 0 Å². The molecule has 3 rings (SSSR count). The van der Waals surface area contributed by atoms with Crippen LogP contribution in [0.1, 0.15) is 16.7 Å². The predicted molar refractivity (Wildman–Crippen MR) is 99.6 cm³/mol. The summed E-state index contributed by atoms with van der Waals surface area (Å²) in [4.78, 5) is 24.6. The van der Waals surface area contributed by atoms with Gasteiger partial charge in [0.2, 0.25) is 11.2 Å². The van der Waals surface area contributed by atoms with Gasteiger partial charge in [-0.25, -0.2) is 4.79 Å². The maximum absolute atomic E-state index is 13.1. The van der Waals surface area contributed by atoms with E-state index in [1.807, 2.05) is 57.2 Å². The molecule has 0 atom stereocenters. The number of ether oxygens (including phenoxy) is 2. The number of methoxy groups -OCH3 is 1. The van der Waals surface area contributed by atoms with Gasteiger partial charge < -0.3 is 13.9 Å². The molecule has 0 bridgehead atoms. The highest BCUT2D eigenvalue weighted by Crippen LogP contribution is 2.32. The van der Waals surface area contributed by atoms with E-state index in [1.54, 1.807) is 0 Å². The summed E-state index contributed by atoms with van der Waals surface area (Å²) in [6.45, 7) is 5.40. The highest BCUT2D eigenvalue weighted by molar-refractivity contribution is 5.85. The Kier molecular flexibility index (Phi) is 4.80. The lowest BCUT2D eigenvalue weighted by Crippen LogP contribution is -2.18. The molecule has 3 aromatic rings. The van der Waals surface area contributed by atoms with Gasteiger partial charge in [-0.15, -0.1) is 0 Å². The number of fused-ring (bicyclic) bond motifs is 1. The van der Waals surface area contributed by atoms with E-state index in [2.05, 4.69) is 4.74 Å². The topological polar surface area (TPSA) is 65.7 Å². The Morgan fingerprint density at radius 1 is 1.04 bits per heavy atom. The summed E-state index contributed by atoms with van der Waals surface area (Å²) in [5.74, 6) is -0.255. The smallest absolute Gasteiger partial charge is 0.343 e. The maximum Gasteiger partial charge on any atom is 0.343 e. The van der Waals surface area contributed by atoms with Gasteiger partial charge in [0.05, 0.1) is 12.5 Å². The van der Waals surface area contributed by atoms with Gasteiger partial charge in [0.1, 0.15) is 5.58 Å². The third kappa shape index (κ3) is 3.33. The van der Waals surface area contributed by atoms with Crippen molar-refractivity contribution in [2.45, 2.75) is 20.8 Å². The molecular formula is C21H20O5. The predicted octanol–water partition coefficient (Wildman–Crippen LogP) is 3.94. The first-order valence-corrected chi connectivity index (χ1v) is 8.25. The Morgan fingerprint density at radius 2 is 1.73 bits per heavy atom. The van der Waals surface area contributed by atoms with Crippen LogP contribution in [-0.2, 0) is 9.53 Å². The molecule has 1 heterocycles. The number of carbonyl (C=O) groups excluding carboxylic acids is 1. The fraction of sp³-hybridized carbons (Fsp3) is 0.238. The first-order valence-electron chi connectivity index (χ1n) is 8.25. The van der Waals surface area contributed by atoms with Gasteiger partial charge in [0.25, 0.3) is 0 Å². The second-order valence-corrected chi connectivity index (χ2v) is 6.28. The zero-order valence-corrected chi connectivity index (χ0v) is 15.2. The molecule has 0 amide bonds. The first-order chi connectivity index (χ1) is 12.4. The van der Waals surface area contributed by atoms with Crippen molar-refractivity contribution in [3.8, 4) is 17.1 Å². The Bertz CT molecular complexity index is 1030. The average molecular weight is 352 g/mol. The van der Waals surface area contributed by atoms with E-state index in [1.165, 1.54) is 7.11 Å². The highest BCUT2D eigenvalue weighted by Gasteiger charge is 2.20. The largest absolute Gasteiger partial charge is 0.474 e. The van der Waals surface area contributed by atoms with Crippen LogP contribution in [0.2, 0.25) is 0 Å². The van der Waals surface area contributed by atoms with E-state index in [0.717, 1.165) is 16.7 Å². The molecule has 134 valence electrons. The number of esters is 1. The van der Waals surface area contributed by atoms with E-state index in [0.29, 0.717) is 22.3 Å². The Hall–Kier alpha value is -3.08. The molecule has 0 radical (unpaired) electrons. The fourth-order valence-corrected chi connectivity index (χ4v) is 2.89. The molecular weight excluding hydrogens is 332 g/mol. The number of benzene rings is 2. The van der Waals surface area contributed by atoms with E-state index < -0.39 is 5.97 Å². The van der Waals surface area contributed by atoms with E-state index >= 15 is 0 Å². The normalized spacial score (nSPS) is 10.8. The molecule has 5 heteroatoms. The SMILES string of the molecule is COC(=O)COc1c(-c2ccc(C)cc2)oc2cc(C)cc(C)c2c1=O. The molecule has 0 fully saturated rings. The van der Waals surface area contributed by atoms with Gasteiger partial charge in [-0.05, 0) is 38.0 Å². The van der Waals surface area contributed by atoms with Gasteiger partial charge in [0.15, 0.2) is 12.4 Å². The number of hydrogen-bond donors (Lipinski definition) is 0. The van der Waals surface area contributed by atoms with Crippen LogP contribution in [0.4, 0.5) is 0 Å². The highest BCUT2D eigenvalue weighted by atomic mass is 16.6. The summed E-state index contributed by atoms with van der Waals surface area (Å²) in [5.41, 5.74) is 3.77. The van der Waals surface area contributed by atoms with Crippen molar-refractivity contribution in [1.82, 2.24) is 0 Å². The zero-order chi connectivity index (χ0) is 18.8. The third-order valence-electron chi connectivity index (χ3n) is 4.17. The molecule has 0 aliphatic rings. The molecule has 26 heavy (non-hydrogen) atoms. The molecule has 0 unspecified atom stereocenters. The molecule has 0 N–H and O–H groups in total. The summed E-state index contributed by atoms with van der Waals surface area (Å²) in [5, 5.41) is 0.450. The van der Waals surface area contributed by atoms with Crippen molar-refractivity contribution in [3.63, 3.8) is 0 Å². The average Bonchev–Trinajstić information content (AvgIpc) is 2.60. The van der Waals surface area contributed by atoms with Crippen LogP contribution in [-0.4, -0.2) is 19.7 Å². The Morgan fingerprint density at radius 3 is 2.38 bits per heavy atom. The lowest BCUT2D eigenvalue weighted by molar-refractivity contribution is -0.142. The molecule has 1 aromatic heterocycles. The lowest BCUT2D eigenvalue weighted by Gasteiger charge is -2.12. The minimum Gasteiger partial charge on any atom is -0.474 e. The van der Waals surface area contributed by atoms with Gasteiger partial charge in [-0.3, -0.25) is 4.79 Å². The van der Waals surface area contributed by atoms with Crippen molar-refractivity contribution in [3.05, 3.63) is 63.3 Å². The Labute approximate surface area is 151 Å². The lowest BCUT2D eigenvalue weighted by atomic mass is 10.0. The van der Waals surface area contributed by atoms with Crippen LogP contribution in [0.3, 0.4) is 0 Å². The van der Waals surface area contributed by atoms with Gasteiger partial charge in [-0.1, -0.05) is 35.9 Å². The van der Waals surface area contributed by atoms with Crippen LogP contribution in [0.15, 0.2) is 45.6 Å². The number of rotatable bonds is 4. The van der Waals surface area contributed by atoms with E-state index in [-0.39, 0.29) is 17.8 Å². The van der Waals surface area contributed by atoms with Crippen molar-refractivity contribution < 1.29 is 18.7 Å². The van der Waals surface area contributed by atoms with Crippen LogP contribution in [0.5, 0.6) is 5.75 Å². The summed E-state index contributed by atoms with van der Waals surface area (Å²) in [6.07, 6.45) is 0. The second kappa shape index (κ2) is 7.04. The molecule has 0 saturated carbocycles. The van der Waals surface area contributed by atoms with Crippen LogP contribution in [0, 0.1) is 20.8 Å².